The number of nitrogens with zero attached hydrogens (tertiary/aromatic N) is 1. The van der Waals surface area contributed by atoms with E-state index in [-0.39, 0.29) is 53.5 Å². The third-order valence-electron chi connectivity index (χ3n) is 6.86. The van der Waals surface area contributed by atoms with Crippen molar-refractivity contribution >= 4 is 33.6 Å². The first-order chi connectivity index (χ1) is 19.1. The molecule has 2 saturated heterocycles. The number of methoxy groups -OCH3 is 1. The highest BCUT2D eigenvalue weighted by Crippen LogP contribution is 2.29. The van der Waals surface area contributed by atoms with Crippen molar-refractivity contribution in [2.45, 2.75) is 36.2 Å². The number of piperidine rings is 1. The number of hydrogen-bond acceptors (Lipinski definition) is 7. The highest BCUT2D eigenvalue weighted by molar-refractivity contribution is 7.89. The molecule has 2 fully saturated rings. The van der Waals surface area contributed by atoms with Crippen LogP contribution in [0, 0.1) is 11.7 Å². The number of halogens is 1. The van der Waals surface area contributed by atoms with Crippen LogP contribution in [-0.2, 0) is 19.6 Å². The Morgan fingerprint density at radius 2 is 1.80 bits per heavy atom. The lowest BCUT2D eigenvalue weighted by atomic mass is 9.89. The van der Waals surface area contributed by atoms with E-state index in [2.05, 4.69) is 15.4 Å². The number of likely N-dealkylation sites (tertiary alicyclic amines) is 1. The average Bonchev–Trinajstić information content (AvgIpc) is 2.91. The fourth-order valence-electron chi connectivity index (χ4n) is 4.55. The van der Waals surface area contributed by atoms with Gasteiger partial charge >= 0.3 is 6.09 Å². The van der Waals surface area contributed by atoms with Crippen LogP contribution in [0.15, 0.2) is 47.4 Å². The van der Waals surface area contributed by atoms with Crippen LogP contribution in [0.2, 0.25) is 0 Å². The molecule has 3 amide bonds. The van der Waals surface area contributed by atoms with Gasteiger partial charge in [-0.1, -0.05) is 0 Å². The highest BCUT2D eigenvalue weighted by atomic mass is 32.2. The van der Waals surface area contributed by atoms with Gasteiger partial charge in [0.05, 0.1) is 26.4 Å². The van der Waals surface area contributed by atoms with E-state index in [4.69, 9.17) is 9.47 Å². The third-order valence-corrected chi connectivity index (χ3v) is 8.42. The molecule has 0 spiro atoms. The van der Waals surface area contributed by atoms with Gasteiger partial charge in [0, 0.05) is 30.4 Å². The fourth-order valence-corrected chi connectivity index (χ4v) is 5.91. The molecule has 216 valence electrons. The quantitative estimate of drug-likeness (QED) is 0.333. The van der Waals surface area contributed by atoms with Crippen LogP contribution in [0.5, 0.6) is 5.75 Å². The fraction of sp³-hybridized carbons (Fsp3) is 0.423. The SMILES string of the molecule is COc1cc(NC(=O)[C@H](CC2CCN(C(=O)O)CC2)NC(=O)c2ccc(F)cc2)ccc1S(=O)(=O)NC1COC1. The van der Waals surface area contributed by atoms with Gasteiger partial charge in [-0.25, -0.2) is 22.3 Å². The van der Waals surface area contributed by atoms with Crippen LogP contribution < -0.4 is 20.1 Å². The summed E-state index contributed by atoms with van der Waals surface area (Å²) in [6.45, 7) is 1.18. The number of sulfonamides is 1. The zero-order valence-corrected chi connectivity index (χ0v) is 22.6. The van der Waals surface area contributed by atoms with Crippen molar-refractivity contribution < 1.29 is 41.8 Å². The molecule has 0 radical (unpaired) electrons. The molecular weight excluding hydrogens is 547 g/mol. The Kier molecular flexibility index (Phi) is 9.22. The number of anilines is 1. The number of hydrogen-bond donors (Lipinski definition) is 4. The van der Waals surface area contributed by atoms with E-state index >= 15 is 0 Å². The molecule has 2 heterocycles. The van der Waals surface area contributed by atoms with Gasteiger partial charge in [0.2, 0.25) is 15.9 Å². The van der Waals surface area contributed by atoms with Crippen LogP contribution in [0.4, 0.5) is 14.9 Å². The van der Waals surface area contributed by atoms with Gasteiger partial charge in [-0.2, -0.15) is 0 Å². The van der Waals surface area contributed by atoms with Gasteiger partial charge in [0.15, 0.2) is 0 Å². The van der Waals surface area contributed by atoms with Crippen LogP contribution in [0.1, 0.15) is 29.6 Å². The summed E-state index contributed by atoms with van der Waals surface area (Å²) in [5.41, 5.74) is 0.412. The van der Waals surface area contributed by atoms with E-state index in [1.54, 1.807) is 0 Å². The third kappa shape index (κ3) is 7.25. The maximum Gasteiger partial charge on any atom is 0.407 e. The van der Waals surface area contributed by atoms with Crippen LogP contribution >= 0.6 is 0 Å². The van der Waals surface area contributed by atoms with Gasteiger partial charge < -0.3 is 30.1 Å². The summed E-state index contributed by atoms with van der Waals surface area (Å²) in [6.07, 6.45) is 0.264. The van der Waals surface area contributed by atoms with Gasteiger partial charge in [0.25, 0.3) is 5.91 Å². The highest BCUT2D eigenvalue weighted by Gasteiger charge is 2.31. The summed E-state index contributed by atoms with van der Waals surface area (Å²) in [4.78, 5) is 38.7. The van der Waals surface area contributed by atoms with E-state index in [9.17, 15) is 32.3 Å². The van der Waals surface area contributed by atoms with Crippen LogP contribution in [0.3, 0.4) is 0 Å². The Morgan fingerprint density at radius 3 is 2.38 bits per heavy atom. The first-order valence-corrected chi connectivity index (χ1v) is 14.2. The van der Waals surface area contributed by atoms with E-state index < -0.39 is 39.8 Å². The Morgan fingerprint density at radius 1 is 1.12 bits per heavy atom. The number of ether oxygens (including phenoxy) is 2. The maximum absolute atomic E-state index is 13.4. The molecule has 0 bridgehead atoms. The zero-order chi connectivity index (χ0) is 28.9. The largest absolute Gasteiger partial charge is 0.495 e. The van der Waals surface area contributed by atoms with Gasteiger partial charge in [-0.3, -0.25) is 9.59 Å². The van der Waals surface area contributed by atoms with E-state index in [0.717, 1.165) is 12.1 Å². The van der Waals surface area contributed by atoms with Crippen LogP contribution in [0.25, 0.3) is 0 Å². The number of amides is 3. The number of carboxylic acid groups (broad SMARTS) is 1. The molecule has 2 aromatic carbocycles. The minimum Gasteiger partial charge on any atom is -0.495 e. The Bertz CT molecular complexity index is 1340. The lowest BCUT2D eigenvalue weighted by Gasteiger charge is -2.32. The van der Waals surface area contributed by atoms with Crippen LogP contribution in [-0.4, -0.2) is 81.8 Å². The number of carbonyl (C=O) groups excluding carboxylic acids is 2. The normalized spacial score (nSPS) is 17.0. The summed E-state index contributed by atoms with van der Waals surface area (Å²) >= 11 is 0. The molecule has 14 heteroatoms. The Labute approximate surface area is 230 Å². The van der Waals surface area contributed by atoms with Crippen molar-refractivity contribution in [2.24, 2.45) is 5.92 Å². The topological polar surface area (TPSA) is 163 Å². The molecule has 2 aromatic rings. The number of benzene rings is 2. The number of nitrogens with one attached hydrogen (secondary N) is 3. The molecule has 0 aromatic heterocycles. The summed E-state index contributed by atoms with van der Waals surface area (Å²) in [6, 6.07) is 7.64. The molecule has 4 rings (SSSR count). The summed E-state index contributed by atoms with van der Waals surface area (Å²) in [5.74, 6) is -1.67. The lowest BCUT2D eigenvalue weighted by Crippen LogP contribution is -2.48. The van der Waals surface area contributed by atoms with Gasteiger partial charge in [-0.15, -0.1) is 0 Å². The van der Waals surface area contributed by atoms with Crippen molar-refractivity contribution in [1.82, 2.24) is 14.9 Å². The predicted octanol–water partition coefficient (Wildman–Crippen LogP) is 2.03. The molecule has 0 aliphatic carbocycles. The number of carbonyl (C=O) groups is 3. The molecule has 40 heavy (non-hydrogen) atoms. The van der Waals surface area contributed by atoms with Crippen molar-refractivity contribution in [2.75, 3.05) is 38.7 Å². The zero-order valence-electron chi connectivity index (χ0n) is 21.8. The second-order valence-electron chi connectivity index (χ2n) is 9.69. The average molecular weight is 579 g/mol. The van der Waals surface area contributed by atoms with Crippen molar-refractivity contribution in [3.8, 4) is 5.75 Å². The first kappa shape index (κ1) is 29.2. The molecular formula is C26H31FN4O8S. The molecule has 4 N–H and O–H groups in total. The van der Waals surface area contributed by atoms with E-state index in [1.807, 2.05) is 0 Å². The minimum atomic E-state index is -3.90. The monoisotopic (exact) mass is 578 g/mol. The summed E-state index contributed by atoms with van der Waals surface area (Å²) in [7, 11) is -2.59. The molecule has 2 aliphatic heterocycles. The molecule has 2 aliphatic rings. The smallest absolute Gasteiger partial charge is 0.407 e. The first-order valence-electron chi connectivity index (χ1n) is 12.7. The molecule has 0 unspecified atom stereocenters. The van der Waals surface area contributed by atoms with Gasteiger partial charge in [0.1, 0.15) is 22.5 Å². The summed E-state index contributed by atoms with van der Waals surface area (Å²) < 4.78 is 51.7. The molecule has 1 atom stereocenters. The standard InChI is InChI=1S/C26H31FN4O8S/c1-38-22-13-19(6-7-23(22)40(36,37)30-20-14-39-15-20)28-25(33)21(12-16-8-10-31(11-9-16)26(34)35)29-24(32)17-2-4-18(27)5-3-17/h2-7,13,16,20-21,30H,8-12,14-15H2,1H3,(H,28,33)(H,29,32)(H,34,35)/t21-/m0/s1. The molecule has 0 saturated carbocycles. The predicted molar refractivity (Wildman–Crippen MR) is 141 cm³/mol. The van der Waals surface area contributed by atoms with Crippen molar-refractivity contribution in [3.63, 3.8) is 0 Å². The Balaban J connectivity index is 1.50. The van der Waals surface area contributed by atoms with Crippen molar-refractivity contribution in [1.29, 1.82) is 0 Å². The summed E-state index contributed by atoms with van der Waals surface area (Å²) in [5, 5.41) is 14.6. The second kappa shape index (κ2) is 12.6. The minimum absolute atomic E-state index is 0.0125. The Hall–Kier alpha value is -3.75. The van der Waals surface area contributed by atoms with E-state index in [1.165, 1.54) is 42.3 Å². The second-order valence-corrected chi connectivity index (χ2v) is 11.4. The van der Waals surface area contributed by atoms with E-state index in [0.29, 0.717) is 25.9 Å². The molecule has 12 nitrogen and oxygen atoms in total. The van der Waals surface area contributed by atoms with Crippen molar-refractivity contribution in [3.05, 3.63) is 53.8 Å². The maximum atomic E-state index is 13.4. The lowest BCUT2D eigenvalue weighted by molar-refractivity contribution is -0.118. The number of rotatable bonds is 10. The van der Waals surface area contributed by atoms with Gasteiger partial charge in [-0.05, 0) is 61.6 Å².